The lowest BCUT2D eigenvalue weighted by Crippen LogP contribution is -2.24. The Hall–Kier alpha value is -3.50. The largest absolute Gasteiger partial charge is 0.340 e. The van der Waals surface area contributed by atoms with E-state index in [4.69, 9.17) is 5.10 Å². The summed E-state index contributed by atoms with van der Waals surface area (Å²) >= 11 is 0. The van der Waals surface area contributed by atoms with Crippen molar-refractivity contribution in [2.75, 3.05) is 17.2 Å². The number of fused-ring (bicyclic) bond motifs is 1. The van der Waals surface area contributed by atoms with Gasteiger partial charge in [0, 0.05) is 41.6 Å². The molecule has 0 amide bonds. The van der Waals surface area contributed by atoms with Gasteiger partial charge in [-0.05, 0) is 75.4 Å². The fraction of sp³-hybridized carbons (Fsp3) is 0.346. The summed E-state index contributed by atoms with van der Waals surface area (Å²) in [6.45, 7) is 8.79. The Morgan fingerprint density at radius 3 is 2.50 bits per heavy atom. The van der Waals surface area contributed by atoms with Gasteiger partial charge in [-0.25, -0.2) is 18.1 Å². The molecule has 10 heteroatoms. The summed E-state index contributed by atoms with van der Waals surface area (Å²) in [5.74, 6) is 1.77. The zero-order valence-corrected chi connectivity index (χ0v) is 21.8. The van der Waals surface area contributed by atoms with Crippen molar-refractivity contribution in [3.05, 3.63) is 59.4 Å². The van der Waals surface area contributed by atoms with Crippen molar-refractivity contribution >= 4 is 44.1 Å². The Morgan fingerprint density at radius 2 is 1.75 bits per heavy atom. The van der Waals surface area contributed by atoms with Crippen LogP contribution in [0.2, 0.25) is 0 Å². The van der Waals surface area contributed by atoms with Crippen molar-refractivity contribution in [1.29, 1.82) is 0 Å². The first-order chi connectivity index (χ1) is 17.2. The first-order valence-corrected chi connectivity index (χ1v) is 13.7. The molecule has 1 saturated carbocycles. The molecule has 188 valence electrons. The van der Waals surface area contributed by atoms with Crippen LogP contribution in [-0.2, 0) is 16.6 Å². The fourth-order valence-corrected chi connectivity index (χ4v) is 5.54. The predicted molar refractivity (Wildman–Crippen MR) is 143 cm³/mol. The zero-order chi connectivity index (χ0) is 25.4. The van der Waals surface area contributed by atoms with Gasteiger partial charge in [-0.2, -0.15) is 10.1 Å². The Kier molecular flexibility index (Phi) is 6.40. The third-order valence-corrected chi connectivity index (χ3v) is 8.05. The van der Waals surface area contributed by atoms with E-state index in [-0.39, 0.29) is 4.90 Å². The van der Waals surface area contributed by atoms with E-state index < -0.39 is 10.0 Å². The van der Waals surface area contributed by atoms with Gasteiger partial charge < -0.3 is 10.6 Å². The highest BCUT2D eigenvalue weighted by molar-refractivity contribution is 7.89. The number of sulfonamides is 1. The Balaban J connectivity index is 1.40. The Bertz CT molecular complexity index is 1540. The van der Waals surface area contributed by atoms with Crippen LogP contribution < -0.4 is 15.4 Å². The zero-order valence-electron chi connectivity index (χ0n) is 21.0. The van der Waals surface area contributed by atoms with E-state index in [0.717, 1.165) is 40.3 Å². The van der Waals surface area contributed by atoms with Crippen LogP contribution in [0.3, 0.4) is 0 Å². The monoisotopic (exact) mass is 505 g/mol. The number of hydrogen-bond donors (Lipinski definition) is 3. The lowest BCUT2D eigenvalue weighted by atomic mass is 10.2. The van der Waals surface area contributed by atoms with Gasteiger partial charge in [0.25, 0.3) is 0 Å². The van der Waals surface area contributed by atoms with Crippen LogP contribution >= 0.6 is 0 Å². The molecular formula is C26H31N7O2S. The van der Waals surface area contributed by atoms with Crippen LogP contribution in [0.4, 0.5) is 23.1 Å². The second-order valence-corrected chi connectivity index (χ2v) is 11.1. The summed E-state index contributed by atoms with van der Waals surface area (Å²) in [6.07, 6.45) is 4.29. The minimum Gasteiger partial charge on any atom is -0.340 e. The fourth-order valence-electron chi connectivity index (χ4n) is 4.23. The molecule has 9 nitrogen and oxygen atoms in total. The lowest BCUT2D eigenvalue weighted by Gasteiger charge is -2.13. The van der Waals surface area contributed by atoms with Crippen LogP contribution in [0.15, 0.2) is 47.5 Å². The predicted octanol–water partition coefficient (Wildman–Crippen LogP) is 4.95. The van der Waals surface area contributed by atoms with Gasteiger partial charge in [0.1, 0.15) is 5.82 Å². The van der Waals surface area contributed by atoms with E-state index in [1.165, 1.54) is 12.8 Å². The summed E-state index contributed by atoms with van der Waals surface area (Å²) in [6, 6.07) is 11.4. The van der Waals surface area contributed by atoms with E-state index in [1.807, 2.05) is 26.0 Å². The molecule has 5 rings (SSSR count). The Labute approximate surface area is 211 Å². The molecule has 0 saturated heterocycles. The first-order valence-electron chi connectivity index (χ1n) is 12.2. The summed E-state index contributed by atoms with van der Waals surface area (Å²) in [4.78, 5) is 9.28. The number of aryl methyl sites for hydroxylation is 3. The summed E-state index contributed by atoms with van der Waals surface area (Å²) in [5, 5.41) is 12.5. The van der Waals surface area contributed by atoms with Crippen LogP contribution in [0.1, 0.15) is 36.6 Å². The van der Waals surface area contributed by atoms with Crippen molar-refractivity contribution in [2.24, 2.45) is 5.92 Å². The van der Waals surface area contributed by atoms with Gasteiger partial charge in [-0.15, -0.1) is 0 Å². The summed E-state index contributed by atoms with van der Waals surface area (Å²) < 4.78 is 29.8. The molecule has 0 spiro atoms. The lowest BCUT2D eigenvalue weighted by molar-refractivity contribution is 0.576. The molecule has 1 fully saturated rings. The molecule has 2 aromatic heterocycles. The van der Waals surface area contributed by atoms with Gasteiger partial charge >= 0.3 is 0 Å². The molecule has 2 heterocycles. The SMILES string of the molecule is CCNS(=O)(=O)c1cc(Nc2ncc(C)c(Nc3ccc4c(C)nn(CC5CC5)c4c3)n2)ccc1C. The van der Waals surface area contributed by atoms with Gasteiger partial charge in [0.05, 0.1) is 16.1 Å². The molecule has 0 unspecified atom stereocenters. The number of benzene rings is 2. The summed E-state index contributed by atoms with van der Waals surface area (Å²) in [5.41, 5.74) is 5.22. The molecule has 1 aliphatic carbocycles. The van der Waals surface area contributed by atoms with Gasteiger partial charge in [0.15, 0.2) is 0 Å². The highest BCUT2D eigenvalue weighted by Gasteiger charge is 2.23. The van der Waals surface area contributed by atoms with Crippen LogP contribution in [0.5, 0.6) is 0 Å². The van der Waals surface area contributed by atoms with Gasteiger partial charge in [-0.1, -0.05) is 13.0 Å². The summed E-state index contributed by atoms with van der Waals surface area (Å²) in [7, 11) is -3.59. The molecule has 1 aliphatic rings. The van der Waals surface area contributed by atoms with Crippen molar-refractivity contribution in [3.63, 3.8) is 0 Å². The first kappa shape index (κ1) is 24.2. The molecule has 0 aliphatic heterocycles. The minimum atomic E-state index is -3.59. The number of nitrogens with zero attached hydrogens (tertiary/aromatic N) is 4. The van der Waals surface area contributed by atoms with Crippen molar-refractivity contribution in [3.8, 4) is 0 Å². The van der Waals surface area contributed by atoms with Crippen LogP contribution in [-0.4, -0.2) is 34.7 Å². The van der Waals surface area contributed by atoms with Gasteiger partial charge in [0.2, 0.25) is 16.0 Å². The molecule has 36 heavy (non-hydrogen) atoms. The maximum Gasteiger partial charge on any atom is 0.240 e. The van der Waals surface area contributed by atoms with E-state index in [2.05, 4.69) is 42.1 Å². The topological polar surface area (TPSA) is 114 Å². The number of aromatic nitrogens is 4. The van der Waals surface area contributed by atoms with E-state index >= 15 is 0 Å². The molecular weight excluding hydrogens is 474 g/mol. The molecule has 0 atom stereocenters. The molecule has 3 N–H and O–H groups in total. The third kappa shape index (κ3) is 5.05. The second kappa shape index (κ2) is 9.51. The molecule has 0 bridgehead atoms. The molecule has 0 radical (unpaired) electrons. The van der Waals surface area contributed by atoms with Crippen LogP contribution in [0, 0.1) is 26.7 Å². The van der Waals surface area contributed by atoms with Crippen molar-refractivity contribution < 1.29 is 8.42 Å². The van der Waals surface area contributed by atoms with Gasteiger partial charge in [-0.3, -0.25) is 4.68 Å². The molecule has 2 aromatic carbocycles. The normalized spacial score (nSPS) is 13.8. The standard InChI is InChI=1S/C26H31N7O2S/c1-5-28-36(34,35)24-13-21(9-6-16(24)2)30-26-27-14-17(3)25(31-26)29-20-10-11-22-18(4)32-33(23(22)12-20)15-19-7-8-19/h6,9-14,19,28H,5,7-8,15H2,1-4H3,(H2,27,29,30,31). The number of hydrogen-bond acceptors (Lipinski definition) is 7. The van der Waals surface area contributed by atoms with Crippen LogP contribution in [0.25, 0.3) is 10.9 Å². The van der Waals surface area contributed by atoms with E-state index in [0.29, 0.717) is 29.6 Å². The third-order valence-electron chi connectivity index (χ3n) is 6.37. The maximum atomic E-state index is 12.6. The minimum absolute atomic E-state index is 0.228. The highest BCUT2D eigenvalue weighted by Crippen LogP contribution is 2.33. The number of rotatable bonds is 9. The van der Waals surface area contributed by atoms with Crippen molar-refractivity contribution in [2.45, 2.75) is 52.0 Å². The molecule has 4 aromatic rings. The average molecular weight is 506 g/mol. The quantitative estimate of drug-likeness (QED) is 0.295. The number of anilines is 4. The number of nitrogens with one attached hydrogen (secondary N) is 3. The average Bonchev–Trinajstić information content (AvgIpc) is 3.60. The highest BCUT2D eigenvalue weighted by atomic mass is 32.2. The van der Waals surface area contributed by atoms with E-state index in [9.17, 15) is 8.42 Å². The smallest absolute Gasteiger partial charge is 0.240 e. The second-order valence-electron chi connectivity index (χ2n) is 9.40. The van der Waals surface area contributed by atoms with Crippen molar-refractivity contribution in [1.82, 2.24) is 24.5 Å². The van der Waals surface area contributed by atoms with E-state index in [1.54, 1.807) is 32.2 Å². The maximum absolute atomic E-state index is 12.6. The Morgan fingerprint density at radius 1 is 1.00 bits per heavy atom.